The number of ether oxygens (including phenoxy) is 1. The van der Waals surface area contributed by atoms with E-state index in [-0.39, 0.29) is 6.42 Å². The molecule has 1 atom stereocenters. The van der Waals surface area contributed by atoms with Crippen molar-refractivity contribution in [3.63, 3.8) is 0 Å². The molecule has 0 amide bonds. The molecule has 2 rings (SSSR count). The van der Waals surface area contributed by atoms with E-state index in [1.54, 1.807) is 7.11 Å². The number of aliphatic carboxylic acids is 1. The zero-order valence-electron chi connectivity index (χ0n) is 12.0. The molecule has 4 heteroatoms. The van der Waals surface area contributed by atoms with Crippen LogP contribution in [0.2, 0.25) is 0 Å². The standard InChI is InChI=1S/C16H23NO3/c1-20-15-6-2-4-14(10-15)12-17-9-3-5-13(11-17)7-8-16(18)19/h2,4,6,10,13H,3,5,7-9,11-12H2,1H3,(H,18,19). The van der Waals surface area contributed by atoms with E-state index in [0.717, 1.165) is 44.6 Å². The van der Waals surface area contributed by atoms with Crippen LogP contribution in [0.25, 0.3) is 0 Å². The van der Waals surface area contributed by atoms with Crippen LogP contribution in [-0.4, -0.2) is 36.2 Å². The Balaban J connectivity index is 1.87. The predicted molar refractivity (Wildman–Crippen MR) is 77.9 cm³/mol. The van der Waals surface area contributed by atoms with Crippen LogP contribution in [0.4, 0.5) is 0 Å². The minimum Gasteiger partial charge on any atom is -0.497 e. The molecule has 0 saturated carbocycles. The van der Waals surface area contributed by atoms with Gasteiger partial charge in [0.1, 0.15) is 5.75 Å². The maximum absolute atomic E-state index is 10.7. The van der Waals surface area contributed by atoms with Crippen molar-refractivity contribution in [1.82, 2.24) is 4.90 Å². The van der Waals surface area contributed by atoms with Crippen LogP contribution in [0.3, 0.4) is 0 Å². The Kier molecular flexibility index (Phi) is 5.41. The molecule has 0 aromatic heterocycles. The summed E-state index contributed by atoms with van der Waals surface area (Å²) in [6.45, 7) is 3.02. The summed E-state index contributed by atoms with van der Waals surface area (Å²) in [5, 5.41) is 8.78. The van der Waals surface area contributed by atoms with Crippen LogP contribution in [0.15, 0.2) is 24.3 Å². The quantitative estimate of drug-likeness (QED) is 0.868. The van der Waals surface area contributed by atoms with E-state index in [1.807, 2.05) is 12.1 Å². The van der Waals surface area contributed by atoms with Crippen LogP contribution < -0.4 is 4.74 Å². The van der Waals surface area contributed by atoms with Gasteiger partial charge in [0.05, 0.1) is 7.11 Å². The van der Waals surface area contributed by atoms with Crippen LogP contribution in [0, 0.1) is 5.92 Å². The molecule has 110 valence electrons. The molecule has 1 aliphatic heterocycles. The van der Waals surface area contributed by atoms with Crippen molar-refractivity contribution in [2.75, 3.05) is 20.2 Å². The van der Waals surface area contributed by atoms with Gasteiger partial charge in [-0.25, -0.2) is 0 Å². The van der Waals surface area contributed by atoms with Gasteiger partial charge in [0, 0.05) is 19.5 Å². The normalized spacial score (nSPS) is 19.8. The van der Waals surface area contributed by atoms with Crippen molar-refractivity contribution in [2.24, 2.45) is 5.92 Å². The lowest BCUT2D eigenvalue weighted by Gasteiger charge is -2.32. The second kappa shape index (κ2) is 7.29. The monoisotopic (exact) mass is 277 g/mol. The molecular weight excluding hydrogens is 254 g/mol. The van der Waals surface area contributed by atoms with Gasteiger partial charge in [-0.3, -0.25) is 9.69 Å². The van der Waals surface area contributed by atoms with Gasteiger partial charge in [-0.15, -0.1) is 0 Å². The van der Waals surface area contributed by atoms with Gasteiger partial charge < -0.3 is 9.84 Å². The number of hydrogen-bond acceptors (Lipinski definition) is 3. The highest BCUT2D eigenvalue weighted by atomic mass is 16.5. The SMILES string of the molecule is COc1cccc(CN2CCCC(CCC(=O)O)C2)c1. The molecule has 1 aliphatic rings. The molecule has 0 aliphatic carbocycles. The molecule has 0 radical (unpaired) electrons. The zero-order valence-corrected chi connectivity index (χ0v) is 12.0. The largest absolute Gasteiger partial charge is 0.497 e. The van der Waals surface area contributed by atoms with Crippen LogP contribution >= 0.6 is 0 Å². The molecular formula is C16H23NO3. The van der Waals surface area contributed by atoms with Gasteiger partial charge in [-0.1, -0.05) is 12.1 Å². The van der Waals surface area contributed by atoms with Gasteiger partial charge in [-0.05, 0) is 49.4 Å². The molecule has 1 saturated heterocycles. The molecule has 0 bridgehead atoms. The number of carboxylic acid groups (broad SMARTS) is 1. The Labute approximate surface area is 120 Å². The minimum absolute atomic E-state index is 0.289. The van der Waals surface area contributed by atoms with Crippen LogP contribution in [-0.2, 0) is 11.3 Å². The lowest BCUT2D eigenvalue weighted by Crippen LogP contribution is -2.35. The smallest absolute Gasteiger partial charge is 0.303 e. The van der Waals surface area contributed by atoms with Gasteiger partial charge in [-0.2, -0.15) is 0 Å². The molecule has 20 heavy (non-hydrogen) atoms. The summed E-state index contributed by atoms with van der Waals surface area (Å²) in [5.41, 5.74) is 1.25. The Morgan fingerprint density at radius 3 is 3.10 bits per heavy atom. The Morgan fingerprint density at radius 2 is 2.35 bits per heavy atom. The lowest BCUT2D eigenvalue weighted by atomic mass is 9.93. The Hall–Kier alpha value is -1.55. The molecule has 1 fully saturated rings. The third kappa shape index (κ3) is 4.53. The number of rotatable bonds is 6. The molecule has 1 N–H and O–H groups in total. The van der Waals surface area contributed by atoms with Gasteiger partial charge in [0.15, 0.2) is 0 Å². The first-order chi connectivity index (χ1) is 9.67. The van der Waals surface area contributed by atoms with E-state index >= 15 is 0 Å². The second-order valence-corrected chi connectivity index (χ2v) is 5.53. The zero-order chi connectivity index (χ0) is 14.4. The average Bonchev–Trinajstić information content (AvgIpc) is 2.46. The molecule has 1 aromatic carbocycles. The van der Waals surface area contributed by atoms with E-state index in [4.69, 9.17) is 9.84 Å². The first-order valence-corrected chi connectivity index (χ1v) is 7.24. The summed E-state index contributed by atoms with van der Waals surface area (Å²) in [5.74, 6) is 0.724. The average molecular weight is 277 g/mol. The number of nitrogens with zero attached hydrogens (tertiary/aromatic N) is 1. The highest BCUT2D eigenvalue weighted by Gasteiger charge is 2.20. The Morgan fingerprint density at radius 1 is 1.50 bits per heavy atom. The number of carboxylic acids is 1. The van der Waals surface area contributed by atoms with Gasteiger partial charge >= 0.3 is 5.97 Å². The molecule has 1 aromatic rings. The topological polar surface area (TPSA) is 49.8 Å². The Bertz CT molecular complexity index is 447. The summed E-state index contributed by atoms with van der Waals surface area (Å²) in [7, 11) is 1.68. The van der Waals surface area contributed by atoms with E-state index in [2.05, 4.69) is 17.0 Å². The second-order valence-electron chi connectivity index (χ2n) is 5.53. The van der Waals surface area contributed by atoms with Crippen LogP contribution in [0.5, 0.6) is 5.75 Å². The fourth-order valence-corrected chi connectivity index (χ4v) is 2.89. The van der Waals surface area contributed by atoms with Crippen LogP contribution in [0.1, 0.15) is 31.2 Å². The third-order valence-corrected chi connectivity index (χ3v) is 3.91. The van der Waals surface area contributed by atoms with Gasteiger partial charge in [0.2, 0.25) is 0 Å². The summed E-state index contributed by atoms with van der Waals surface area (Å²) in [4.78, 5) is 13.1. The number of carbonyl (C=O) groups is 1. The van der Waals surface area contributed by atoms with E-state index in [0.29, 0.717) is 5.92 Å². The predicted octanol–water partition coefficient (Wildman–Crippen LogP) is 2.77. The third-order valence-electron chi connectivity index (χ3n) is 3.91. The van der Waals surface area contributed by atoms with Crippen molar-refractivity contribution in [3.8, 4) is 5.75 Å². The van der Waals surface area contributed by atoms with Crippen molar-refractivity contribution in [2.45, 2.75) is 32.2 Å². The first kappa shape index (κ1) is 14.9. The highest BCUT2D eigenvalue weighted by molar-refractivity contribution is 5.66. The van der Waals surface area contributed by atoms with E-state index in [9.17, 15) is 4.79 Å². The van der Waals surface area contributed by atoms with Crippen molar-refractivity contribution in [3.05, 3.63) is 29.8 Å². The minimum atomic E-state index is -0.685. The maximum atomic E-state index is 10.7. The van der Waals surface area contributed by atoms with Crippen molar-refractivity contribution >= 4 is 5.97 Å². The lowest BCUT2D eigenvalue weighted by molar-refractivity contribution is -0.137. The summed E-state index contributed by atoms with van der Waals surface area (Å²) < 4.78 is 5.25. The van der Waals surface area contributed by atoms with E-state index < -0.39 is 5.97 Å². The first-order valence-electron chi connectivity index (χ1n) is 7.24. The molecule has 1 heterocycles. The molecule has 0 spiro atoms. The van der Waals surface area contributed by atoms with Gasteiger partial charge in [0.25, 0.3) is 0 Å². The number of likely N-dealkylation sites (tertiary alicyclic amines) is 1. The van der Waals surface area contributed by atoms with Crippen molar-refractivity contribution < 1.29 is 14.6 Å². The van der Waals surface area contributed by atoms with Crippen molar-refractivity contribution in [1.29, 1.82) is 0 Å². The number of benzene rings is 1. The highest BCUT2D eigenvalue weighted by Crippen LogP contribution is 2.23. The maximum Gasteiger partial charge on any atom is 0.303 e. The number of methoxy groups -OCH3 is 1. The summed E-state index contributed by atoms with van der Waals surface area (Å²) >= 11 is 0. The fourth-order valence-electron chi connectivity index (χ4n) is 2.89. The fraction of sp³-hybridized carbons (Fsp3) is 0.562. The summed E-state index contributed by atoms with van der Waals surface area (Å²) in [6.07, 6.45) is 3.40. The summed E-state index contributed by atoms with van der Waals surface area (Å²) in [6, 6.07) is 8.15. The number of piperidine rings is 1. The van der Waals surface area contributed by atoms with E-state index in [1.165, 1.54) is 5.56 Å². The molecule has 1 unspecified atom stereocenters. The molecule has 4 nitrogen and oxygen atoms in total. The number of hydrogen-bond donors (Lipinski definition) is 1.